The molecule has 3 heterocycles. The van der Waals surface area contributed by atoms with Gasteiger partial charge in [-0.2, -0.15) is 0 Å². The molecule has 1 aromatic heterocycles. The van der Waals surface area contributed by atoms with Crippen LogP contribution in [-0.2, 0) is 4.79 Å². The molecule has 2 amide bonds. The SMILES string of the molecule is Cc1ccc(-c2ccc(OCC3CN(C(=O)c4cc5c(cc4F)OCC(=O)N5)C3)c(F)c2)cn1. The number of rotatable bonds is 5. The molecule has 2 aromatic carbocycles. The Morgan fingerprint density at radius 2 is 1.94 bits per heavy atom. The van der Waals surface area contributed by atoms with E-state index in [9.17, 15) is 18.4 Å². The van der Waals surface area contributed by atoms with Gasteiger partial charge in [-0.1, -0.05) is 12.1 Å². The molecule has 1 fully saturated rings. The van der Waals surface area contributed by atoms with Crippen LogP contribution in [0.4, 0.5) is 14.5 Å². The van der Waals surface area contributed by atoms with Crippen molar-refractivity contribution in [1.82, 2.24) is 9.88 Å². The number of anilines is 1. The van der Waals surface area contributed by atoms with E-state index in [4.69, 9.17) is 9.47 Å². The fourth-order valence-corrected chi connectivity index (χ4v) is 3.92. The molecule has 2 aliphatic heterocycles. The fraction of sp³-hybridized carbons (Fsp3) is 0.240. The molecule has 0 unspecified atom stereocenters. The van der Waals surface area contributed by atoms with Crippen LogP contribution >= 0.6 is 0 Å². The van der Waals surface area contributed by atoms with E-state index < -0.39 is 17.5 Å². The summed E-state index contributed by atoms with van der Waals surface area (Å²) in [5.41, 5.74) is 2.52. The first-order chi connectivity index (χ1) is 16.4. The monoisotopic (exact) mass is 465 g/mol. The number of carbonyl (C=O) groups excluding carboxylic acids is 2. The van der Waals surface area contributed by atoms with Crippen molar-refractivity contribution in [1.29, 1.82) is 0 Å². The molecule has 0 radical (unpaired) electrons. The fourth-order valence-electron chi connectivity index (χ4n) is 3.92. The highest BCUT2D eigenvalue weighted by atomic mass is 19.1. The van der Waals surface area contributed by atoms with E-state index in [0.29, 0.717) is 18.7 Å². The second kappa shape index (κ2) is 8.74. The third kappa shape index (κ3) is 4.28. The van der Waals surface area contributed by atoms with E-state index in [2.05, 4.69) is 10.3 Å². The normalized spacial score (nSPS) is 15.1. The van der Waals surface area contributed by atoms with Gasteiger partial charge in [-0.15, -0.1) is 0 Å². The van der Waals surface area contributed by atoms with Crippen molar-refractivity contribution in [2.24, 2.45) is 5.92 Å². The van der Waals surface area contributed by atoms with Gasteiger partial charge in [0.05, 0.1) is 17.9 Å². The minimum absolute atomic E-state index is 0.00644. The lowest BCUT2D eigenvalue weighted by Gasteiger charge is -2.39. The Morgan fingerprint density at radius 3 is 2.68 bits per heavy atom. The van der Waals surface area contributed by atoms with Crippen molar-refractivity contribution < 1.29 is 27.8 Å². The van der Waals surface area contributed by atoms with Gasteiger partial charge in [-0.3, -0.25) is 14.6 Å². The summed E-state index contributed by atoms with van der Waals surface area (Å²) in [6, 6.07) is 10.9. The predicted molar refractivity (Wildman–Crippen MR) is 120 cm³/mol. The van der Waals surface area contributed by atoms with Crippen LogP contribution in [0.3, 0.4) is 0 Å². The highest BCUT2D eigenvalue weighted by Gasteiger charge is 2.34. The van der Waals surface area contributed by atoms with Crippen LogP contribution in [0, 0.1) is 24.5 Å². The lowest BCUT2D eigenvalue weighted by atomic mass is 9.99. The number of likely N-dealkylation sites (tertiary alicyclic amines) is 1. The number of halogens is 2. The third-order valence-corrected chi connectivity index (χ3v) is 5.83. The van der Waals surface area contributed by atoms with Gasteiger partial charge in [0, 0.05) is 42.5 Å². The van der Waals surface area contributed by atoms with E-state index in [1.165, 1.54) is 17.0 Å². The zero-order valence-electron chi connectivity index (χ0n) is 18.3. The summed E-state index contributed by atoms with van der Waals surface area (Å²) in [5, 5.41) is 2.57. The molecule has 1 saturated heterocycles. The highest BCUT2D eigenvalue weighted by molar-refractivity contribution is 6.00. The quantitative estimate of drug-likeness (QED) is 0.620. The second-order valence-electron chi connectivity index (χ2n) is 8.39. The first-order valence-electron chi connectivity index (χ1n) is 10.8. The van der Waals surface area contributed by atoms with E-state index in [1.807, 2.05) is 19.1 Å². The first kappa shape index (κ1) is 21.8. The van der Waals surface area contributed by atoms with Gasteiger partial charge in [0.1, 0.15) is 11.6 Å². The Kier molecular flexibility index (Phi) is 5.61. The van der Waals surface area contributed by atoms with Crippen molar-refractivity contribution in [2.45, 2.75) is 6.92 Å². The van der Waals surface area contributed by atoms with Crippen molar-refractivity contribution in [3.8, 4) is 22.6 Å². The molecule has 174 valence electrons. The van der Waals surface area contributed by atoms with Gasteiger partial charge in [0.25, 0.3) is 11.8 Å². The Labute approximate surface area is 194 Å². The summed E-state index contributed by atoms with van der Waals surface area (Å²) >= 11 is 0. The van der Waals surface area contributed by atoms with Crippen LogP contribution in [-0.4, -0.2) is 48.0 Å². The van der Waals surface area contributed by atoms with Crippen LogP contribution in [0.15, 0.2) is 48.7 Å². The lowest BCUT2D eigenvalue weighted by Crippen LogP contribution is -2.52. The average molecular weight is 465 g/mol. The summed E-state index contributed by atoms with van der Waals surface area (Å²) in [5.74, 6) is -1.74. The number of pyridine rings is 1. The molecule has 3 aromatic rings. The molecule has 34 heavy (non-hydrogen) atoms. The predicted octanol–water partition coefficient (Wildman–Crippen LogP) is 3.82. The van der Waals surface area contributed by atoms with Crippen molar-refractivity contribution in [2.75, 3.05) is 31.6 Å². The average Bonchev–Trinajstić information content (AvgIpc) is 2.79. The maximum atomic E-state index is 14.5. The van der Waals surface area contributed by atoms with E-state index in [-0.39, 0.29) is 47.8 Å². The number of nitrogens with one attached hydrogen (secondary N) is 1. The molecule has 0 bridgehead atoms. The number of hydrogen-bond donors (Lipinski definition) is 1. The third-order valence-electron chi connectivity index (χ3n) is 5.83. The van der Waals surface area contributed by atoms with E-state index in [1.54, 1.807) is 18.3 Å². The molecule has 5 rings (SSSR count). The summed E-state index contributed by atoms with van der Waals surface area (Å²) < 4.78 is 39.7. The van der Waals surface area contributed by atoms with Gasteiger partial charge in [0.2, 0.25) is 0 Å². The zero-order valence-corrected chi connectivity index (χ0v) is 18.3. The molecule has 0 spiro atoms. The number of aromatic nitrogens is 1. The van der Waals surface area contributed by atoms with E-state index >= 15 is 0 Å². The summed E-state index contributed by atoms with van der Waals surface area (Å²) in [6.07, 6.45) is 1.69. The number of amides is 2. The van der Waals surface area contributed by atoms with Gasteiger partial charge in [-0.05, 0) is 36.8 Å². The van der Waals surface area contributed by atoms with Crippen LogP contribution in [0.2, 0.25) is 0 Å². The Bertz CT molecular complexity index is 1270. The zero-order chi connectivity index (χ0) is 23.8. The largest absolute Gasteiger partial charge is 0.490 e. The number of ether oxygens (including phenoxy) is 2. The Morgan fingerprint density at radius 1 is 1.15 bits per heavy atom. The summed E-state index contributed by atoms with van der Waals surface area (Å²) in [4.78, 5) is 29.9. The van der Waals surface area contributed by atoms with Gasteiger partial charge in [-0.25, -0.2) is 8.78 Å². The number of hydrogen-bond acceptors (Lipinski definition) is 5. The maximum absolute atomic E-state index is 14.5. The Balaban J connectivity index is 1.17. The van der Waals surface area contributed by atoms with Crippen LogP contribution in [0.5, 0.6) is 11.5 Å². The summed E-state index contributed by atoms with van der Waals surface area (Å²) in [7, 11) is 0. The molecule has 9 heteroatoms. The standard InChI is InChI=1S/C25H21F2N3O4/c1-14-2-3-17(9-28-14)16-4-5-22(20(27)6-16)33-12-15-10-30(11-15)25(32)18-7-21-23(8-19(18)26)34-13-24(31)29-21/h2-9,15H,10-13H2,1H3,(H,29,31). The number of fused-ring (bicyclic) bond motifs is 1. The van der Waals surface area contributed by atoms with Crippen molar-refractivity contribution >= 4 is 17.5 Å². The molecule has 0 atom stereocenters. The Hall–Kier alpha value is -4.01. The maximum Gasteiger partial charge on any atom is 0.262 e. The molecular weight excluding hydrogens is 444 g/mol. The topological polar surface area (TPSA) is 80.8 Å². The highest BCUT2D eigenvalue weighted by Crippen LogP contribution is 2.32. The molecular formula is C25H21F2N3O4. The van der Waals surface area contributed by atoms with Crippen LogP contribution in [0.25, 0.3) is 11.1 Å². The number of nitrogens with zero attached hydrogens (tertiary/aromatic N) is 2. The molecule has 1 N–H and O–H groups in total. The van der Waals surface area contributed by atoms with Crippen LogP contribution < -0.4 is 14.8 Å². The summed E-state index contributed by atoms with van der Waals surface area (Å²) in [6.45, 7) is 2.62. The second-order valence-corrected chi connectivity index (χ2v) is 8.39. The lowest BCUT2D eigenvalue weighted by molar-refractivity contribution is -0.118. The molecule has 7 nitrogen and oxygen atoms in total. The molecule has 0 aliphatic carbocycles. The van der Waals surface area contributed by atoms with Crippen molar-refractivity contribution in [3.05, 3.63) is 71.6 Å². The molecule has 0 saturated carbocycles. The van der Waals surface area contributed by atoms with Gasteiger partial charge < -0.3 is 19.7 Å². The molecule has 2 aliphatic rings. The first-order valence-corrected chi connectivity index (χ1v) is 10.8. The van der Waals surface area contributed by atoms with Gasteiger partial charge in [0.15, 0.2) is 18.2 Å². The number of benzene rings is 2. The number of carbonyl (C=O) groups is 2. The smallest absolute Gasteiger partial charge is 0.262 e. The minimum Gasteiger partial charge on any atom is -0.490 e. The van der Waals surface area contributed by atoms with Gasteiger partial charge >= 0.3 is 0 Å². The van der Waals surface area contributed by atoms with E-state index in [0.717, 1.165) is 17.3 Å². The number of aryl methyl sites for hydroxylation is 1. The minimum atomic E-state index is -0.717. The van der Waals surface area contributed by atoms with Crippen LogP contribution in [0.1, 0.15) is 16.1 Å². The van der Waals surface area contributed by atoms with Crippen molar-refractivity contribution in [3.63, 3.8) is 0 Å².